The van der Waals surface area contributed by atoms with Gasteiger partial charge in [-0.3, -0.25) is 0 Å². The van der Waals surface area contributed by atoms with Crippen LogP contribution in [0.5, 0.6) is 0 Å². The zero-order valence-corrected chi connectivity index (χ0v) is 12.4. The molecule has 0 bridgehead atoms. The number of nitriles is 1. The van der Waals surface area contributed by atoms with Crippen LogP contribution in [-0.4, -0.2) is 14.6 Å². The second-order valence-electron chi connectivity index (χ2n) is 0.781. The molecule has 0 amide bonds. The summed E-state index contributed by atoms with van der Waals surface area (Å²) in [6.45, 7) is 4.98. The summed E-state index contributed by atoms with van der Waals surface area (Å²) >= 11 is 20.3. The molecule has 0 spiro atoms. The van der Waals surface area contributed by atoms with Crippen molar-refractivity contribution in [2.75, 3.05) is 10.8 Å². The molecule has 0 fully saturated rings. The van der Waals surface area contributed by atoms with E-state index < -0.39 is 3.79 Å². The van der Waals surface area contributed by atoms with Gasteiger partial charge in [-0.05, 0) is 17.7 Å². The zero-order valence-electron chi connectivity index (χ0n) is 6.41. The summed E-state index contributed by atoms with van der Waals surface area (Å²) in [7, 11) is 0. The van der Waals surface area contributed by atoms with E-state index in [9.17, 15) is 0 Å². The van der Waals surface area contributed by atoms with Gasteiger partial charge < -0.3 is 0 Å². The number of rotatable bonds is 0. The molecule has 0 radical (unpaired) electrons. The zero-order chi connectivity index (χ0) is 10.5. The lowest BCUT2D eigenvalue weighted by Gasteiger charge is -1.94. The Morgan fingerprint density at radius 2 is 1.18 bits per heavy atom. The summed E-state index contributed by atoms with van der Waals surface area (Å²) in [5, 5.41) is 6.50. The van der Waals surface area contributed by atoms with Gasteiger partial charge in [-0.15, -0.1) is 0 Å². The SMILES string of the molecule is C#N.CBr.CC(Cl)(Cl)Cl.CI. The van der Waals surface area contributed by atoms with Gasteiger partial charge in [0.05, 0.1) is 0 Å². The molecule has 1 nitrogen and oxygen atoms in total. The van der Waals surface area contributed by atoms with E-state index in [1.807, 2.05) is 10.8 Å². The van der Waals surface area contributed by atoms with Crippen LogP contribution in [0.1, 0.15) is 6.92 Å². The van der Waals surface area contributed by atoms with Gasteiger partial charge in [0.2, 0.25) is 0 Å². The number of hydrogen-bond acceptors (Lipinski definition) is 1. The van der Waals surface area contributed by atoms with Crippen LogP contribution in [-0.2, 0) is 0 Å². The average Bonchev–Trinajstić information content (AvgIpc) is 1.96. The van der Waals surface area contributed by atoms with Crippen LogP contribution in [0.15, 0.2) is 0 Å². The maximum atomic E-state index is 6.50. The van der Waals surface area contributed by atoms with Crippen molar-refractivity contribution < 1.29 is 0 Å². The summed E-state index contributed by atoms with van der Waals surface area (Å²) in [6, 6.07) is 0. The number of halogens is 5. The lowest BCUT2D eigenvalue weighted by Crippen LogP contribution is -1.87. The molecular formula is C5H10BrCl3IN. The van der Waals surface area contributed by atoms with E-state index in [0.29, 0.717) is 0 Å². The minimum atomic E-state index is -1.08. The smallest absolute Gasteiger partial charge is 0.187 e. The van der Waals surface area contributed by atoms with Gasteiger partial charge in [-0.2, -0.15) is 0 Å². The fourth-order valence-electron chi connectivity index (χ4n) is 0. The monoisotopic (exact) mass is 395 g/mol. The highest BCUT2D eigenvalue weighted by Gasteiger charge is 2.07. The Labute approximate surface area is 106 Å². The normalized spacial score (nSPS) is 6.73. The van der Waals surface area contributed by atoms with E-state index in [-0.39, 0.29) is 0 Å². The molecule has 0 saturated heterocycles. The van der Waals surface area contributed by atoms with Crippen molar-refractivity contribution in [3.05, 3.63) is 0 Å². The third kappa shape index (κ3) is 430. The van der Waals surface area contributed by atoms with Gasteiger partial charge in [-0.1, -0.05) is 73.3 Å². The van der Waals surface area contributed by atoms with Crippen LogP contribution in [0.3, 0.4) is 0 Å². The molecule has 0 N–H and O–H groups in total. The minimum Gasteiger partial charge on any atom is -0.202 e. The Morgan fingerprint density at radius 1 is 1.18 bits per heavy atom. The lowest BCUT2D eigenvalue weighted by atomic mass is 10.9. The molecule has 0 aromatic rings. The first kappa shape index (κ1) is 22.9. The third-order valence-electron chi connectivity index (χ3n) is 0. The molecule has 0 aromatic heterocycles. The fourth-order valence-corrected chi connectivity index (χ4v) is 0. The largest absolute Gasteiger partial charge is 0.202 e. The van der Waals surface area contributed by atoms with Gasteiger partial charge in [0.1, 0.15) is 0 Å². The Kier molecular flexibility index (Phi) is 47.0. The molecule has 0 atom stereocenters. The first-order valence-electron chi connectivity index (χ1n) is 2.08. The number of hydrogen-bond donors (Lipinski definition) is 0. The molecular weight excluding hydrogens is 387 g/mol. The van der Waals surface area contributed by atoms with E-state index in [0.717, 1.165) is 0 Å². The van der Waals surface area contributed by atoms with Crippen molar-refractivity contribution in [1.29, 1.82) is 5.26 Å². The van der Waals surface area contributed by atoms with Gasteiger partial charge in [0, 0.05) is 6.57 Å². The highest BCUT2D eigenvalue weighted by molar-refractivity contribution is 14.1. The van der Waals surface area contributed by atoms with Crippen molar-refractivity contribution in [3.63, 3.8) is 0 Å². The maximum Gasteiger partial charge on any atom is 0.187 e. The summed E-state index contributed by atoms with van der Waals surface area (Å²) in [5.41, 5.74) is 0. The molecule has 0 rings (SSSR count). The standard InChI is InChI=1S/C2H3Cl3.CH3Br.CH3I.CHN/c1-2(3,4)5;3*1-2/h1H3;2*1H3;1H. The van der Waals surface area contributed by atoms with E-state index in [1.165, 1.54) is 6.92 Å². The fraction of sp³-hybridized carbons (Fsp3) is 0.800. The lowest BCUT2D eigenvalue weighted by molar-refractivity contribution is 1.27. The van der Waals surface area contributed by atoms with Crippen molar-refractivity contribution in [2.45, 2.75) is 10.7 Å². The Morgan fingerprint density at radius 3 is 1.18 bits per heavy atom. The first-order chi connectivity index (χ1) is 5.00. The van der Waals surface area contributed by atoms with Gasteiger partial charge >= 0.3 is 0 Å². The van der Waals surface area contributed by atoms with E-state index >= 15 is 0 Å². The minimum absolute atomic E-state index is 1.08. The quantitative estimate of drug-likeness (QED) is 0.434. The van der Waals surface area contributed by atoms with Crippen molar-refractivity contribution in [1.82, 2.24) is 0 Å². The topological polar surface area (TPSA) is 23.8 Å². The summed E-state index contributed by atoms with van der Waals surface area (Å²) in [5.74, 6) is 1.81. The molecule has 0 unspecified atom stereocenters. The highest BCUT2D eigenvalue weighted by Crippen LogP contribution is 2.23. The molecule has 11 heavy (non-hydrogen) atoms. The molecule has 6 heteroatoms. The van der Waals surface area contributed by atoms with Crippen molar-refractivity contribution in [3.8, 4) is 6.57 Å². The summed E-state index contributed by atoms with van der Waals surface area (Å²) < 4.78 is -1.08. The highest BCUT2D eigenvalue weighted by atomic mass is 127. The molecule has 70 valence electrons. The number of nitrogens with zero attached hydrogens (tertiary/aromatic N) is 1. The second kappa shape index (κ2) is 22.6. The second-order valence-corrected chi connectivity index (χ2v) is 3.63. The van der Waals surface area contributed by atoms with Gasteiger partial charge in [0.25, 0.3) is 0 Å². The average molecular weight is 397 g/mol. The Hall–Kier alpha value is 1.57. The van der Waals surface area contributed by atoms with Crippen LogP contribution >= 0.6 is 73.3 Å². The van der Waals surface area contributed by atoms with E-state index in [1.54, 1.807) is 0 Å². The van der Waals surface area contributed by atoms with Gasteiger partial charge in [0.15, 0.2) is 3.79 Å². The third-order valence-corrected chi connectivity index (χ3v) is 0. The molecule has 0 aromatic carbocycles. The molecule has 0 aliphatic carbocycles. The van der Waals surface area contributed by atoms with Crippen LogP contribution in [0.2, 0.25) is 0 Å². The molecule has 0 aliphatic heterocycles. The van der Waals surface area contributed by atoms with Crippen LogP contribution in [0.4, 0.5) is 0 Å². The Bertz CT molecular complexity index is 58.5. The summed E-state index contributed by atoms with van der Waals surface area (Å²) in [4.78, 5) is 1.97. The van der Waals surface area contributed by atoms with Crippen molar-refractivity contribution >= 4 is 73.3 Å². The number of alkyl halides is 5. The van der Waals surface area contributed by atoms with Crippen molar-refractivity contribution in [2.24, 2.45) is 0 Å². The first-order valence-corrected chi connectivity index (χ1v) is 6.96. The predicted molar refractivity (Wildman–Crippen MR) is 67.4 cm³/mol. The Balaban J connectivity index is -0.0000000350. The molecule has 0 heterocycles. The van der Waals surface area contributed by atoms with Crippen LogP contribution in [0, 0.1) is 11.8 Å². The summed E-state index contributed by atoms with van der Waals surface area (Å²) in [6.07, 6.45) is 0. The maximum absolute atomic E-state index is 6.50. The van der Waals surface area contributed by atoms with E-state index in [2.05, 4.69) is 45.1 Å². The van der Waals surface area contributed by atoms with E-state index in [4.69, 9.17) is 40.1 Å². The van der Waals surface area contributed by atoms with Gasteiger partial charge in [-0.25, -0.2) is 5.26 Å². The molecule has 0 aliphatic rings. The van der Waals surface area contributed by atoms with Crippen LogP contribution in [0.25, 0.3) is 0 Å². The predicted octanol–water partition coefficient (Wildman–Crippen LogP) is 4.58. The van der Waals surface area contributed by atoms with Crippen LogP contribution < -0.4 is 0 Å². The molecule has 0 saturated carbocycles.